The molecular weight excluding hydrogens is 439 g/mol. The largest absolute Gasteiger partial charge is 0.381 e. The molecule has 1 aromatic rings. The number of aliphatic imine (C=N–C) groups is 1. The lowest BCUT2D eigenvalue weighted by molar-refractivity contribution is 0.0374. The first-order valence-corrected chi connectivity index (χ1v) is 9.66. The number of hydrogen-bond donors (Lipinski definition) is 3. The molecule has 1 saturated carbocycles. The zero-order chi connectivity index (χ0) is 17.5. The van der Waals surface area contributed by atoms with Crippen molar-refractivity contribution in [3.8, 4) is 0 Å². The van der Waals surface area contributed by atoms with Gasteiger partial charge in [0.25, 0.3) is 0 Å². The van der Waals surface area contributed by atoms with E-state index in [1.165, 1.54) is 18.4 Å². The van der Waals surface area contributed by atoms with Gasteiger partial charge in [-0.05, 0) is 45.1 Å². The maximum atomic E-state index is 5.62. The maximum Gasteiger partial charge on any atom is 0.191 e. The molecule has 2 fully saturated rings. The summed E-state index contributed by atoms with van der Waals surface area (Å²) in [5.41, 5.74) is 1.32. The number of nitrogens with zero attached hydrogens (tertiary/aromatic N) is 1. The number of rotatable bonds is 7. The predicted octanol–water partition coefficient (Wildman–Crippen LogP) is 3.22. The van der Waals surface area contributed by atoms with Crippen molar-refractivity contribution in [1.29, 1.82) is 0 Å². The number of nitrogens with one attached hydrogen (secondary N) is 3. The van der Waals surface area contributed by atoms with Crippen LogP contribution in [0.5, 0.6) is 0 Å². The van der Waals surface area contributed by atoms with Crippen LogP contribution < -0.4 is 16.0 Å². The van der Waals surface area contributed by atoms with Crippen LogP contribution in [0.3, 0.4) is 0 Å². The van der Waals surface area contributed by atoms with Crippen molar-refractivity contribution in [2.45, 2.75) is 57.2 Å². The van der Waals surface area contributed by atoms with E-state index < -0.39 is 0 Å². The molecule has 1 heterocycles. The lowest BCUT2D eigenvalue weighted by Gasteiger charge is -2.39. The lowest BCUT2D eigenvalue weighted by atomic mass is 9.88. The van der Waals surface area contributed by atoms with Crippen molar-refractivity contribution in [3.05, 3.63) is 35.9 Å². The van der Waals surface area contributed by atoms with Gasteiger partial charge in [-0.1, -0.05) is 30.3 Å². The Labute approximate surface area is 174 Å². The number of ether oxygens (including phenoxy) is 1. The van der Waals surface area contributed by atoms with Crippen LogP contribution in [0.15, 0.2) is 35.3 Å². The first-order valence-electron chi connectivity index (χ1n) is 9.66. The van der Waals surface area contributed by atoms with Crippen LogP contribution in [0.4, 0.5) is 0 Å². The van der Waals surface area contributed by atoms with Crippen LogP contribution in [0.1, 0.15) is 51.1 Å². The Bertz CT molecular complexity index is 556. The summed E-state index contributed by atoms with van der Waals surface area (Å²) in [6.45, 7) is 7.62. The van der Waals surface area contributed by atoms with Crippen molar-refractivity contribution in [1.82, 2.24) is 16.0 Å². The maximum absolute atomic E-state index is 5.62. The van der Waals surface area contributed by atoms with E-state index >= 15 is 0 Å². The molecule has 1 aliphatic carbocycles. The average molecular weight is 472 g/mol. The zero-order valence-corrected chi connectivity index (χ0v) is 18.3. The highest BCUT2D eigenvalue weighted by Gasteiger charge is 2.34. The SMILES string of the molecule is CCNC(=NCC1(NC(C)c2ccccc2)CCOCC1)NC1CC1.I. The molecule has 1 aromatic carbocycles. The Kier molecular flexibility index (Phi) is 8.63. The van der Waals surface area contributed by atoms with Crippen molar-refractivity contribution in [2.75, 3.05) is 26.3 Å². The minimum atomic E-state index is -0.000585. The summed E-state index contributed by atoms with van der Waals surface area (Å²) >= 11 is 0. The molecule has 1 aliphatic heterocycles. The predicted molar refractivity (Wildman–Crippen MR) is 118 cm³/mol. The normalized spacial score (nSPS) is 20.8. The van der Waals surface area contributed by atoms with E-state index in [9.17, 15) is 0 Å². The quantitative estimate of drug-likeness (QED) is 0.324. The second-order valence-corrected chi connectivity index (χ2v) is 7.28. The van der Waals surface area contributed by atoms with Crippen LogP contribution in [0, 0.1) is 0 Å². The van der Waals surface area contributed by atoms with Gasteiger partial charge in [-0.25, -0.2) is 0 Å². The summed E-state index contributed by atoms with van der Waals surface area (Å²) in [7, 11) is 0. The molecule has 6 heteroatoms. The summed E-state index contributed by atoms with van der Waals surface area (Å²) in [6.07, 6.45) is 4.51. The topological polar surface area (TPSA) is 57.7 Å². The molecule has 1 saturated heterocycles. The first kappa shape index (κ1) is 21.4. The van der Waals surface area contributed by atoms with E-state index in [0.29, 0.717) is 12.1 Å². The Morgan fingerprint density at radius 3 is 2.54 bits per heavy atom. The number of halogens is 1. The van der Waals surface area contributed by atoms with Gasteiger partial charge in [0.1, 0.15) is 0 Å². The first-order chi connectivity index (χ1) is 12.2. The van der Waals surface area contributed by atoms with Crippen LogP contribution in [0.2, 0.25) is 0 Å². The second kappa shape index (κ2) is 10.5. The molecule has 0 aromatic heterocycles. The van der Waals surface area contributed by atoms with E-state index in [1.54, 1.807) is 0 Å². The number of hydrogen-bond acceptors (Lipinski definition) is 3. The molecule has 3 rings (SSSR count). The molecule has 1 unspecified atom stereocenters. The van der Waals surface area contributed by atoms with E-state index in [2.05, 4.69) is 60.1 Å². The summed E-state index contributed by atoms with van der Waals surface area (Å²) in [4.78, 5) is 4.91. The van der Waals surface area contributed by atoms with Crippen molar-refractivity contribution in [2.24, 2.45) is 4.99 Å². The highest BCUT2D eigenvalue weighted by molar-refractivity contribution is 14.0. The molecule has 5 nitrogen and oxygen atoms in total. The summed E-state index contributed by atoms with van der Waals surface area (Å²) in [5.74, 6) is 0.949. The van der Waals surface area contributed by atoms with E-state index in [1.807, 2.05) is 0 Å². The fourth-order valence-corrected chi connectivity index (χ4v) is 3.37. The number of benzene rings is 1. The van der Waals surface area contributed by atoms with Gasteiger partial charge in [0.05, 0.1) is 6.54 Å². The Balaban J connectivity index is 0.00000243. The molecule has 2 aliphatic rings. The van der Waals surface area contributed by atoms with Crippen LogP contribution >= 0.6 is 24.0 Å². The van der Waals surface area contributed by atoms with Crippen molar-refractivity contribution in [3.63, 3.8) is 0 Å². The van der Waals surface area contributed by atoms with E-state index in [-0.39, 0.29) is 29.5 Å². The summed E-state index contributed by atoms with van der Waals surface area (Å²) < 4.78 is 5.62. The molecule has 146 valence electrons. The smallest absolute Gasteiger partial charge is 0.191 e. The van der Waals surface area contributed by atoms with E-state index in [0.717, 1.165) is 45.1 Å². The van der Waals surface area contributed by atoms with Gasteiger partial charge >= 0.3 is 0 Å². The summed E-state index contributed by atoms with van der Waals surface area (Å²) in [5, 5.41) is 10.8. The molecular formula is C20H33IN4O. The Hall–Kier alpha value is -0.860. The van der Waals surface area contributed by atoms with Gasteiger partial charge in [0.2, 0.25) is 0 Å². The third-order valence-electron chi connectivity index (χ3n) is 5.07. The van der Waals surface area contributed by atoms with Gasteiger partial charge in [0, 0.05) is 37.4 Å². The van der Waals surface area contributed by atoms with Gasteiger partial charge in [-0.2, -0.15) is 0 Å². The van der Waals surface area contributed by atoms with Crippen molar-refractivity contribution < 1.29 is 4.74 Å². The van der Waals surface area contributed by atoms with Crippen LogP contribution in [-0.2, 0) is 4.74 Å². The molecule has 26 heavy (non-hydrogen) atoms. The van der Waals surface area contributed by atoms with Gasteiger partial charge in [0.15, 0.2) is 5.96 Å². The number of guanidine groups is 1. The molecule has 0 amide bonds. The minimum absolute atomic E-state index is 0. The molecule has 0 spiro atoms. The van der Waals surface area contributed by atoms with Gasteiger partial charge in [-0.3, -0.25) is 4.99 Å². The van der Waals surface area contributed by atoms with Crippen LogP contribution in [-0.4, -0.2) is 43.8 Å². The molecule has 3 N–H and O–H groups in total. The van der Waals surface area contributed by atoms with Crippen LogP contribution in [0.25, 0.3) is 0 Å². The highest BCUT2D eigenvalue weighted by atomic mass is 127. The van der Waals surface area contributed by atoms with Gasteiger partial charge in [-0.15, -0.1) is 24.0 Å². The highest BCUT2D eigenvalue weighted by Crippen LogP contribution is 2.26. The monoisotopic (exact) mass is 472 g/mol. The third-order valence-corrected chi connectivity index (χ3v) is 5.07. The standard InChI is InChI=1S/C20H32N4O.HI/c1-3-21-19(23-18-9-10-18)22-15-20(11-13-25-14-12-20)24-16(2)17-7-5-4-6-8-17;/h4-8,16,18,24H,3,9-15H2,1-2H3,(H2,21,22,23);1H. The van der Waals surface area contributed by atoms with Crippen molar-refractivity contribution >= 4 is 29.9 Å². The average Bonchev–Trinajstić information content (AvgIpc) is 3.46. The molecule has 1 atom stereocenters. The molecule has 0 bridgehead atoms. The minimum Gasteiger partial charge on any atom is -0.381 e. The zero-order valence-electron chi connectivity index (χ0n) is 16.0. The van der Waals surface area contributed by atoms with Gasteiger partial charge < -0.3 is 20.7 Å². The fourth-order valence-electron chi connectivity index (χ4n) is 3.37. The second-order valence-electron chi connectivity index (χ2n) is 7.28. The van der Waals surface area contributed by atoms with E-state index in [4.69, 9.17) is 9.73 Å². The fraction of sp³-hybridized carbons (Fsp3) is 0.650. The Morgan fingerprint density at radius 2 is 1.92 bits per heavy atom. The summed E-state index contributed by atoms with van der Waals surface area (Å²) in [6, 6.07) is 11.6. The molecule has 0 radical (unpaired) electrons. The lowest BCUT2D eigenvalue weighted by Crippen LogP contribution is -2.53. The third kappa shape index (κ3) is 6.39. The Morgan fingerprint density at radius 1 is 1.23 bits per heavy atom.